The largest absolute Gasteiger partial charge is 0.384 e. The van der Waals surface area contributed by atoms with Gasteiger partial charge >= 0.3 is 0 Å². The summed E-state index contributed by atoms with van der Waals surface area (Å²) in [4.78, 5) is 2.44. The zero-order valence-corrected chi connectivity index (χ0v) is 10.6. The minimum Gasteiger partial charge on any atom is -0.384 e. The molecule has 1 aromatic rings. The van der Waals surface area contributed by atoms with Crippen molar-refractivity contribution in [3.63, 3.8) is 0 Å². The second kappa shape index (κ2) is 6.03. The number of methoxy groups -OCH3 is 1. The molecule has 17 heavy (non-hydrogen) atoms. The lowest BCUT2D eigenvalue weighted by Crippen LogP contribution is -2.20. The van der Waals surface area contributed by atoms with Crippen LogP contribution in [0.25, 0.3) is 0 Å². The van der Waals surface area contributed by atoms with Gasteiger partial charge in [0.2, 0.25) is 0 Å². The monoisotopic (exact) mass is 234 g/mol. The molecule has 1 fully saturated rings. The molecule has 1 aliphatic heterocycles. The predicted octanol–water partition coefficient (Wildman–Crippen LogP) is 1.66. The van der Waals surface area contributed by atoms with Crippen LogP contribution in [0.1, 0.15) is 12.0 Å². The second-order valence-corrected chi connectivity index (χ2v) is 4.76. The fourth-order valence-electron chi connectivity index (χ4n) is 2.48. The third kappa shape index (κ3) is 3.20. The Labute approximate surface area is 104 Å². The molecule has 1 aliphatic rings. The Hall–Kier alpha value is -1.06. The average molecular weight is 234 g/mol. The number of nitrogens with zero attached hydrogens (tertiary/aromatic N) is 1. The maximum Gasteiger partial charge on any atom is 0.0508 e. The molecule has 2 N–H and O–H groups in total. The molecule has 1 atom stereocenters. The molecule has 1 aromatic carbocycles. The van der Waals surface area contributed by atoms with Gasteiger partial charge in [0.1, 0.15) is 0 Å². The summed E-state index contributed by atoms with van der Waals surface area (Å²) >= 11 is 0. The maximum atomic E-state index is 5.55. The average Bonchev–Trinajstić information content (AvgIpc) is 2.80. The van der Waals surface area contributed by atoms with Crippen molar-refractivity contribution in [1.82, 2.24) is 0 Å². The molecule has 0 radical (unpaired) electrons. The highest BCUT2D eigenvalue weighted by Crippen LogP contribution is 2.24. The van der Waals surface area contributed by atoms with Crippen LogP contribution in [0.4, 0.5) is 5.69 Å². The van der Waals surface area contributed by atoms with Crippen LogP contribution in [-0.2, 0) is 11.2 Å². The summed E-state index contributed by atoms with van der Waals surface area (Å²) in [5.74, 6) is 0.684. The molecule has 2 rings (SSSR count). The van der Waals surface area contributed by atoms with Crippen LogP contribution in [0.3, 0.4) is 0 Å². The van der Waals surface area contributed by atoms with Gasteiger partial charge in [-0.15, -0.1) is 0 Å². The van der Waals surface area contributed by atoms with Crippen LogP contribution in [0.15, 0.2) is 24.3 Å². The van der Waals surface area contributed by atoms with Gasteiger partial charge in [-0.3, -0.25) is 0 Å². The lowest BCUT2D eigenvalue weighted by molar-refractivity contribution is 0.161. The van der Waals surface area contributed by atoms with Crippen molar-refractivity contribution in [3.05, 3.63) is 29.8 Å². The third-order valence-electron chi connectivity index (χ3n) is 3.42. The van der Waals surface area contributed by atoms with Crippen LogP contribution in [0.2, 0.25) is 0 Å². The molecule has 3 heteroatoms. The van der Waals surface area contributed by atoms with E-state index in [1.807, 2.05) is 0 Å². The van der Waals surface area contributed by atoms with Crippen LogP contribution in [0, 0.1) is 5.92 Å². The summed E-state index contributed by atoms with van der Waals surface area (Å²) in [6.45, 7) is 3.86. The quantitative estimate of drug-likeness (QED) is 0.842. The molecule has 0 saturated carbocycles. The first kappa shape index (κ1) is 12.4. The van der Waals surface area contributed by atoms with Crippen molar-refractivity contribution < 1.29 is 4.74 Å². The van der Waals surface area contributed by atoms with E-state index < -0.39 is 0 Å². The second-order valence-electron chi connectivity index (χ2n) is 4.76. The van der Waals surface area contributed by atoms with Gasteiger partial charge < -0.3 is 15.4 Å². The number of anilines is 1. The highest BCUT2D eigenvalue weighted by atomic mass is 16.5. The van der Waals surface area contributed by atoms with Crippen molar-refractivity contribution in [2.75, 3.05) is 38.3 Å². The molecule has 0 aliphatic carbocycles. The Morgan fingerprint density at radius 1 is 1.35 bits per heavy atom. The van der Waals surface area contributed by atoms with E-state index in [0.717, 1.165) is 32.7 Å². The zero-order valence-electron chi connectivity index (χ0n) is 10.6. The first-order chi connectivity index (χ1) is 8.33. The Morgan fingerprint density at radius 2 is 2.12 bits per heavy atom. The van der Waals surface area contributed by atoms with Crippen molar-refractivity contribution in [3.8, 4) is 0 Å². The molecule has 3 nitrogen and oxygen atoms in total. The number of ether oxygens (including phenoxy) is 1. The van der Waals surface area contributed by atoms with Gasteiger partial charge in [0.15, 0.2) is 0 Å². The lowest BCUT2D eigenvalue weighted by atomic mass is 10.1. The third-order valence-corrected chi connectivity index (χ3v) is 3.42. The number of nitrogens with two attached hydrogens (primary N) is 1. The molecular weight excluding hydrogens is 212 g/mol. The van der Waals surface area contributed by atoms with Gasteiger partial charge in [0.25, 0.3) is 0 Å². The van der Waals surface area contributed by atoms with Gasteiger partial charge in [-0.1, -0.05) is 12.1 Å². The fourth-order valence-corrected chi connectivity index (χ4v) is 2.48. The number of rotatable bonds is 5. The standard InChI is InChI=1S/C14H22N2O/c1-17-11-13-7-9-16(10-13)14-4-2-12(3-5-14)6-8-15/h2-5,13H,6-11,15H2,1H3. The number of benzene rings is 1. The van der Waals surface area contributed by atoms with Crippen molar-refractivity contribution in [2.45, 2.75) is 12.8 Å². The lowest BCUT2D eigenvalue weighted by Gasteiger charge is -2.19. The molecule has 0 bridgehead atoms. The number of hydrogen-bond donors (Lipinski definition) is 1. The van der Waals surface area contributed by atoms with E-state index in [1.165, 1.54) is 17.7 Å². The summed E-state index contributed by atoms with van der Waals surface area (Å²) in [5.41, 5.74) is 8.19. The van der Waals surface area contributed by atoms with E-state index in [4.69, 9.17) is 10.5 Å². The molecule has 0 aromatic heterocycles. The molecule has 1 unspecified atom stereocenters. The van der Waals surface area contributed by atoms with Crippen LogP contribution in [-0.4, -0.2) is 33.4 Å². The molecular formula is C14H22N2O. The topological polar surface area (TPSA) is 38.5 Å². The van der Waals surface area contributed by atoms with Crippen LogP contribution >= 0.6 is 0 Å². The van der Waals surface area contributed by atoms with Gasteiger partial charge in [-0.25, -0.2) is 0 Å². The van der Waals surface area contributed by atoms with E-state index >= 15 is 0 Å². The SMILES string of the molecule is COCC1CCN(c2ccc(CCN)cc2)C1. The summed E-state index contributed by atoms with van der Waals surface area (Å²) < 4.78 is 5.22. The van der Waals surface area contributed by atoms with Gasteiger partial charge in [-0.05, 0) is 37.1 Å². The van der Waals surface area contributed by atoms with Gasteiger partial charge in [-0.2, -0.15) is 0 Å². The Morgan fingerprint density at radius 3 is 2.76 bits per heavy atom. The number of hydrogen-bond acceptors (Lipinski definition) is 3. The predicted molar refractivity (Wildman–Crippen MR) is 71.4 cm³/mol. The highest BCUT2D eigenvalue weighted by Gasteiger charge is 2.22. The minimum absolute atomic E-state index is 0.684. The van der Waals surface area contributed by atoms with E-state index in [0.29, 0.717) is 5.92 Å². The summed E-state index contributed by atoms with van der Waals surface area (Å²) in [7, 11) is 1.78. The first-order valence-electron chi connectivity index (χ1n) is 6.36. The summed E-state index contributed by atoms with van der Waals surface area (Å²) in [6.07, 6.45) is 2.20. The van der Waals surface area contributed by atoms with Gasteiger partial charge in [0.05, 0.1) is 6.61 Å². The van der Waals surface area contributed by atoms with Crippen LogP contribution < -0.4 is 10.6 Å². The molecule has 1 heterocycles. The Balaban J connectivity index is 1.94. The van der Waals surface area contributed by atoms with E-state index in [-0.39, 0.29) is 0 Å². The first-order valence-corrected chi connectivity index (χ1v) is 6.36. The van der Waals surface area contributed by atoms with Crippen molar-refractivity contribution in [2.24, 2.45) is 11.7 Å². The summed E-state index contributed by atoms with van der Waals surface area (Å²) in [6, 6.07) is 8.79. The van der Waals surface area contributed by atoms with Crippen molar-refractivity contribution in [1.29, 1.82) is 0 Å². The normalized spacial score (nSPS) is 19.9. The van der Waals surface area contributed by atoms with Crippen LogP contribution in [0.5, 0.6) is 0 Å². The van der Waals surface area contributed by atoms with Gasteiger partial charge in [0, 0.05) is 31.8 Å². The zero-order chi connectivity index (χ0) is 12.1. The highest BCUT2D eigenvalue weighted by molar-refractivity contribution is 5.48. The smallest absolute Gasteiger partial charge is 0.0508 e. The van der Waals surface area contributed by atoms with E-state index in [9.17, 15) is 0 Å². The Bertz CT molecular complexity index is 337. The summed E-state index contributed by atoms with van der Waals surface area (Å²) in [5, 5.41) is 0. The molecule has 0 amide bonds. The molecule has 0 spiro atoms. The van der Waals surface area contributed by atoms with Crippen molar-refractivity contribution >= 4 is 5.69 Å². The molecule has 94 valence electrons. The minimum atomic E-state index is 0.684. The van der Waals surface area contributed by atoms with E-state index in [1.54, 1.807) is 7.11 Å². The van der Waals surface area contributed by atoms with E-state index in [2.05, 4.69) is 29.2 Å². The molecule has 1 saturated heterocycles. The Kier molecular flexibility index (Phi) is 4.40. The maximum absolute atomic E-state index is 5.55. The fraction of sp³-hybridized carbons (Fsp3) is 0.571.